The lowest BCUT2D eigenvalue weighted by atomic mass is 10.2. The third-order valence-corrected chi connectivity index (χ3v) is 8.73. The number of aromatic nitrogens is 9. The van der Waals surface area contributed by atoms with E-state index in [9.17, 15) is 0 Å². The predicted octanol–water partition coefficient (Wildman–Crippen LogP) is 4.26. The molecule has 0 aromatic carbocycles. The van der Waals surface area contributed by atoms with Gasteiger partial charge in [-0.3, -0.25) is 0 Å². The molecule has 3 aromatic rings. The van der Waals surface area contributed by atoms with Gasteiger partial charge in [-0.05, 0) is 19.3 Å². The summed E-state index contributed by atoms with van der Waals surface area (Å²) in [6, 6.07) is -0.224. The number of hydrogen-bond acceptors (Lipinski definition) is 17. The Balaban J connectivity index is 2.08. The Morgan fingerprint density at radius 1 is 0.434 bits per heavy atom. The van der Waals surface area contributed by atoms with Crippen molar-refractivity contribution in [1.29, 1.82) is 0 Å². The van der Waals surface area contributed by atoms with Crippen molar-refractivity contribution in [3.63, 3.8) is 0 Å². The highest BCUT2D eigenvalue weighted by molar-refractivity contribution is 5.48. The molecule has 0 aliphatic carbocycles. The van der Waals surface area contributed by atoms with Crippen molar-refractivity contribution < 1.29 is 0 Å². The van der Waals surface area contributed by atoms with Crippen LogP contribution < -0.4 is 39.6 Å². The number of likely N-dealkylation sites (N-methyl/N-ethyl adjacent to an activating group) is 2. The maximum absolute atomic E-state index is 4.98. The number of unbranched alkanes of at least 4 members (excludes halogenated alkanes) is 3. The number of rotatable bonds is 23. The molecule has 0 aliphatic rings. The van der Waals surface area contributed by atoms with Gasteiger partial charge < -0.3 is 39.6 Å². The van der Waals surface area contributed by atoms with E-state index in [-0.39, 0.29) is 12.0 Å². The lowest BCUT2D eigenvalue weighted by Crippen LogP contribution is -2.44. The SMILES string of the molecule is CCCCN(C)c1nc(NC(CN(C)c2nc(C(C)C)nc(N(C)C)n2)CN(C)c2nc(N(C)CCCC)nc(N(C)CCCC)n2)nc(N(C)C)n1. The molecule has 17 heteroatoms. The summed E-state index contributed by atoms with van der Waals surface area (Å²) in [7, 11) is 17.9. The van der Waals surface area contributed by atoms with Crippen LogP contribution in [0.4, 0.5) is 47.6 Å². The molecule has 3 aromatic heterocycles. The highest BCUT2D eigenvalue weighted by Gasteiger charge is 2.24. The summed E-state index contributed by atoms with van der Waals surface area (Å²) in [5.74, 6) is 5.67. The van der Waals surface area contributed by atoms with E-state index in [2.05, 4.69) is 64.4 Å². The van der Waals surface area contributed by atoms with Crippen molar-refractivity contribution >= 4 is 47.6 Å². The third kappa shape index (κ3) is 12.8. The van der Waals surface area contributed by atoms with Crippen molar-refractivity contribution in [3.8, 4) is 0 Å². The predicted molar refractivity (Wildman–Crippen MR) is 221 cm³/mol. The fourth-order valence-electron chi connectivity index (χ4n) is 5.28. The first-order valence-electron chi connectivity index (χ1n) is 19.1. The van der Waals surface area contributed by atoms with E-state index in [1.54, 1.807) is 0 Å². The molecule has 53 heavy (non-hydrogen) atoms. The molecule has 0 amide bonds. The summed E-state index contributed by atoms with van der Waals surface area (Å²) in [4.78, 5) is 57.9. The Morgan fingerprint density at radius 3 is 1.15 bits per heavy atom. The zero-order valence-corrected chi connectivity index (χ0v) is 35.1. The van der Waals surface area contributed by atoms with E-state index in [4.69, 9.17) is 44.9 Å². The molecule has 1 atom stereocenters. The molecule has 1 N–H and O–H groups in total. The van der Waals surface area contributed by atoms with Gasteiger partial charge in [0.05, 0.1) is 6.04 Å². The Labute approximate surface area is 318 Å². The lowest BCUT2D eigenvalue weighted by molar-refractivity contribution is 0.650. The molecule has 0 radical (unpaired) electrons. The average molecular weight is 738 g/mol. The van der Waals surface area contributed by atoms with Crippen LogP contribution in [0.3, 0.4) is 0 Å². The van der Waals surface area contributed by atoms with E-state index in [1.165, 1.54) is 0 Å². The molecule has 0 spiro atoms. The topological polar surface area (TPSA) is 151 Å². The highest BCUT2D eigenvalue weighted by atomic mass is 15.4. The number of hydrogen-bond donors (Lipinski definition) is 1. The molecule has 0 saturated heterocycles. The third-order valence-electron chi connectivity index (χ3n) is 8.73. The van der Waals surface area contributed by atoms with Crippen molar-refractivity contribution in [3.05, 3.63) is 5.82 Å². The van der Waals surface area contributed by atoms with Crippen molar-refractivity contribution in [2.45, 2.75) is 85.1 Å². The molecular formula is C36H67N17. The van der Waals surface area contributed by atoms with Crippen molar-refractivity contribution in [2.75, 3.05) is 136 Å². The van der Waals surface area contributed by atoms with Crippen LogP contribution in [0.25, 0.3) is 0 Å². The first kappa shape index (κ1) is 42.8. The molecule has 0 bridgehead atoms. The second kappa shape index (κ2) is 20.6. The molecule has 1 unspecified atom stereocenters. The molecular weight excluding hydrogens is 671 g/mol. The van der Waals surface area contributed by atoms with Crippen LogP contribution in [-0.4, -0.2) is 147 Å². The number of nitrogens with zero attached hydrogens (tertiary/aromatic N) is 16. The second-order valence-corrected chi connectivity index (χ2v) is 14.7. The Bertz CT molecular complexity index is 1480. The molecule has 17 nitrogen and oxygen atoms in total. The van der Waals surface area contributed by atoms with Gasteiger partial charge in [0.25, 0.3) is 0 Å². The van der Waals surface area contributed by atoms with Gasteiger partial charge in [-0.25, -0.2) is 0 Å². The molecule has 0 saturated carbocycles. The lowest BCUT2D eigenvalue weighted by Gasteiger charge is -2.30. The number of anilines is 8. The Hall–Kier alpha value is -4.57. The van der Waals surface area contributed by atoms with Gasteiger partial charge in [0.1, 0.15) is 5.82 Å². The van der Waals surface area contributed by atoms with E-state index in [1.807, 2.05) is 73.2 Å². The van der Waals surface area contributed by atoms with Crippen molar-refractivity contribution in [1.82, 2.24) is 44.9 Å². The molecule has 0 aliphatic heterocycles. The molecule has 3 rings (SSSR count). The summed E-state index contributed by atoms with van der Waals surface area (Å²) in [6.07, 6.45) is 6.39. The van der Waals surface area contributed by atoms with Crippen LogP contribution in [0, 0.1) is 0 Å². The van der Waals surface area contributed by atoms with Crippen LogP contribution in [0.5, 0.6) is 0 Å². The molecule has 296 valence electrons. The van der Waals surface area contributed by atoms with Gasteiger partial charge in [-0.2, -0.15) is 44.9 Å². The smallest absolute Gasteiger partial charge is 0.231 e. The van der Waals surface area contributed by atoms with Gasteiger partial charge in [0, 0.05) is 102 Å². The average Bonchev–Trinajstić information content (AvgIpc) is 3.14. The zero-order chi connectivity index (χ0) is 39.2. The fourth-order valence-corrected chi connectivity index (χ4v) is 5.28. The summed E-state index contributed by atoms with van der Waals surface area (Å²) in [5, 5.41) is 3.66. The summed E-state index contributed by atoms with van der Waals surface area (Å²) >= 11 is 0. The standard InChI is InChI=1S/C36H67N17/c1-15-18-21-49(10)33-41-29(40-31(43-33)48(8)9)37-27(24-52(13)32-39-28(26(4)5)38-30(42-32)47(6)7)25-53(14)36-45-34(50(11)22-19-16-2)44-35(46-36)51(12)23-20-17-3/h26-27H,15-25H2,1-14H3,(H,37,40,41,43). The van der Waals surface area contributed by atoms with Crippen molar-refractivity contribution in [2.24, 2.45) is 0 Å². The summed E-state index contributed by atoms with van der Waals surface area (Å²) < 4.78 is 0. The highest BCUT2D eigenvalue weighted by Crippen LogP contribution is 2.22. The quantitative estimate of drug-likeness (QED) is 0.147. The minimum Gasteiger partial charge on any atom is -0.348 e. The van der Waals surface area contributed by atoms with E-state index in [0.717, 1.165) is 64.0 Å². The fraction of sp³-hybridized carbons (Fsp3) is 0.750. The number of nitrogens with one attached hydrogen (secondary N) is 1. The minimum absolute atomic E-state index is 0.139. The first-order chi connectivity index (χ1) is 25.2. The second-order valence-electron chi connectivity index (χ2n) is 14.7. The van der Waals surface area contributed by atoms with Crippen LogP contribution in [0.15, 0.2) is 0 Å². The molecule has 0 fully saturated rings. The first-order valence-corrected chi connectivity index (χ1v) is 19.1. The van der Waals surface area contributed by atoms with E-state index in [0.29, 0.717) is 60.7 Å². The van der Waals surface area contributed by atoms with Crippen LogP contribution in [-0.2, 0) is 0 Å². The van der Waals surface area contributed by atoms with Gasteiger partial charge in [0.15, 0.2) is 0 Å². The van der Waals surface area contributed by atoms with E-state index >= 15 is 0 Å². The van der Waals surface area contributed by atoms with Gasteiger partial charge in [0.2, 0.25) is 47.6 Å². The zero-order valence-electron chi connectivity index (χ0n) is 35.1. The summed E-state index contributed by atoms with van der Waals surface area (Å²) in [6.45, 7) is 14.3. The van der Waals surface area contributed by atoms with Gasteiger partial charge in [-0.15, -0.1) is 0 Å². The largest absolute Gasteiger partial charge is 0.348 e. The van der Waals surface area contributed by atoms with Gasteiger partial charge >= 0.3 is 0 Å². The van der Waals surface area contributed by atoms with Crippen LogP contribution in [0.1, 0.15) is 84.9 Å². The van der Waals surface area contributed by atoms with E-state index < -0.39 is 0 Å². The monoisotopic (exact) mass is 738 g/mol. The minimum atomic E-state index is -0.224. The Kier molecular flexibility index (Phi) is 16.7. The Morgan fingerprint density at radius 2 is 0.755 bits per heavy atom. The maximum Gasteiger partial charge on any atom is 0.231 e. The normalized spacial score (nSPS) is 11.8. The maximum atomic E-state index is 4.98. The van der Waals surface area contributed by atoms with Crippen LogP contribution in [0.2, 0.25) is 0 Å². The molecule has 3 heterocycles. The van der Waals surface area contributed by atoms with Crippen LogP contribution >= 0.6 is 0 Å². The summed E-state index contributed by atoms with van der Waals surface area (Å²) in [5.41, 5.74) is 0. The van der Waals surface area contributed by atoms with Gasteiger partial charge in [-0.1, -0.05) is 53.9 Å².